The number of carbonyl (C=O) groups excluding carboxylic acids is 2. The van der Waals surface area contributed by atoms with Gasteiger partial charge in [-0.1, -0.05) is 17.8 Å². The molecule has 1 aliphatic heterocycles. The fraction of sp³-hybridized carbons (Fsp3) is 0.455. The van der Waals surface area contributed by atoms with E-state index in [2.05, 4.69) is 25.4 Å². The summed E-state index contributed by atoms with van der Waals surface area (Å²) < 4.78 is 1.71. The Morgan fingerprint density at radius 2 is 2.00 bits per heavy atom. The van der Waals surface area contributed by atoms with Gasteiger partial charge in [0.25, 0.3) is 5.78 Å². The van der Waals surface area contributed by atoms with Crippen molar-refractivity contribution in [2.24, 2.45) is 5.92 Å². The van der Waals surface area contributed by atoms with Gasteiger partial charge in [-0.3, -0.25) is 14.6 Å². The molecule has 1 aliphatic rings. The minimum atomic E-state index is -0.0719. The monoisotopic (exact) mass is 453 g/mol. The summed E-state index contributed by atoms with van der Waals surface area (Å²) in [5.41, 5.74) is 3.55. The lowest BCUT2D eigenvalue weighted by atomic mass is 9.95. The van der Waals surface area contributed by atoms with E-state index in [-0.39, 0.29) is 24.2 Å². The van der Waals surface area contributed by atoms with Crippen LogP contribution in [0.15, 0.2) is 29.7 Å². The number of amides is 2. The van der Waals surface area contributed by atoms with Crippen molar-refractivity contribution >= 4 is 29.4 Å². The molecule has 0 bridgehead atoms. The molecule has 0 spiro atoms. The molecule has 0 radical (unpaired) electrons. The summed E-state index contributed by atoms with van der Waals surface area (Å²) in [5, 5.41) is 8.10. The van der Waals surface area contributed by atoms with Crippen molar-refractivity contribution in [1.82, 2.24) is 34.8 Å². The summed E-state index contributed by atoms with van der Waals surface area (Å²) in [7, 11) is 0. The Kier molecular flexibility index (Phi) is 6.69. The van der Waals surface area contributed by atoms with Crippen LogP contribution in [-0.2, 0) is 22.6 Å². The number of piperidine rings is 1. The number of carbonyl (C=O) groups is 2. The van der Waals surface area contributed by atoms with E-state index in [0.29, 0.717) is 43.4 Å². The van der Waals surface area contributed by atoms with Gasteiger partial charge in [0.15, 0.2) is 0 Å². The molecule has 0 saturated carbocycles. The van der Waals surface area contributed by atoms with Crippen LogP contribution < -0.4 is 5.32 Å². The molecular formula is C22H27N7O2S. The Hall–Kier alpha value is -3.01. The number of pyridine rings is 1. The highest BCUT2D eigenvalue weighted by molar-refractivity contribution is 7.98. The molecule has 4 heterocycles. The molecule has 168 valence electrons. The number of nitrogens with zero attached hydrogens (tertiary/aromatic N) is 6. The summed E-state index contributed by atoms with van der Waals surface area (Å²) in [6.45, 7) is 5.49. The molecule has 32 heavy (non-hydrogen) atoms. The quantitative estimate of drug-likeness (QED) is 0.569. The smallest absolute Gasteiger partial charge is 0.253 e. The minimum Gasteiger partial charge on any atom is -0.352 e. The highest BCUT2D eigenvalue weighted by Crippen LogP contribution is 2.21. The van der Waals surface area contributed by atoms with Crippen molar-refractivity contribution < 1.29 is 9.59 Å². The van der Waals surface area contributed by atoms with E-state index in [1.165, 1.54) is 11.8 Å². The number of nitrogens with one attached hydrogen (secondary N) is 1. The number of rotatable bonds is 6. The van der Waals surface area contributed by atoms with Crippen molar-refractivity contribution in [3.05, 3.63) is 47.0 Å². The molecule has 0 aromatic carbocycles. The highest BCUT2D eigenvalue weighted by Gasteiger charge is 2.28. The summed E-state index contributed by atoms with van der Waals surface area (Å²) in [6.07, 6.45) is 6.98. The molecule has 3 aromatic rings. The predicted octanol–water partition coefficient (Wildman–Crippen LogP) is 1.96. The molecule has 0 aliphatic carbocycles. The number of thioether (sulfide) groups is 1. The van der Waals surface area contributed by atoms with Crippen LogP contribution in [0.1, 0.15) is 35.4 Å². The average molecular weight is 454 g/mol. The number of aryl methyl sites for hydroxylation is 2. The van der Waals surface area contributed by atoms with E-state index in [1.807, 2.05) is 37.1 Å². The van der Waals surface area contributed by atoms with Gasteiger partial charge < -0.3 is 10.2 Å². The van der Waals surface area contributed by atoms with Crippen molar-refractivity contribution in [2.75, 3.05) is 19.3 Å². The highest BCUT2D eigenvalue weighted by atomic mass is 32.2. The van der Waals surface area contributed by atoms with Gasteiger partial charge >= 0.3 is 0 Å². The minimum absolute atomic E-state index is 0.0399. The largest absolute Gasteiger partial charge is 0.352 e. The van der Waals surface area contributed by atoms with Crippen LogP contribution in [0.25, 0.3) is 5.78 Å². The lowest BCUT2D eigenvalue weighted by molar-refractivity contribution is -0.135. The van der Waals surface area contributed by atoms with Crippen LogP contribution in [0.4, 0.5) is 0 Å². The molecule has 1 N–H and O–H groups in total. The Bertz CT molecular complexity index is 1120. The van der Waals surface area contributed by atoms with Gasteiger partial charge in [0.2, 0.25) is 17.0 Å². The molecule has 1 fully saturated rings. The molecule has 0 unspecified atom stereocenters. The average Bonchev–Trinajstić information content (AvgIpc) is 3.24. The van der Waals surface area contributed by atoms with E-state index >= 15 is 0 Å². The molecule has 1 saturated heterocycles. The fourth-order valence-electron chi connectivity index (χ4n) is 4.02. The van der Waals surface area contributed by atoms with Crippen molar-refractivity contribution in [3.8, 4) is 0 Å². The Labute approximate surface area is 191 Å². The normalized spacial score (nSPS) is 14.7. The van der Waals surface area contributed by atoms with Crippen molar-refractivity contribution in [2.45, 2.75) is 44.8 Å². The van der Waals surface area contributed by atoms with Crippen LogP contribution in [0.2, 0.25) is 0 Å². The molecule has 10 heteroatoms. The van der Waals surface area contributed by atoms with E-state index in [4.69, 9.17) is 0 Å². The Morgan fingerprint density at radius 1 is 1.22 bits per heavy atom. The van der Waals surface area contributed by atoms with E-state index in [1.54, 1.807) is 16.9 Å². The van der Waals surface area contributed by atoms with E-state index in [0.717, 1.165) is 22.5 Å². The molecule has 9 nitrogen and oxygen atoms in total. The molecule has 0 atom stereocenters. The zero-order chi connectivity index (χ0) is 22.7. The van der Waals surface area contributed by atoms with E-state index in [9.17, 15) is 9.59 Å². The second kappa shape index (κ2) is 9.64. The summed E-state index contributed by atoms with van der Waals surface area (Å²) >= 11 is 1.46. The summed E-state index contributed by atoms with van der Waals surface area (Å²) in [6, 6.07) is 3.79. The van der Waals surface area contributed by atoms with Crippen LogP contribution in [0, 0.1) is 19.8 Å². The molecule has 2 amide bonds. The van der Waals surface area contributed by atoms with Crippen LogP contribution in [0.3, 0.4) is 0 Å². The maximum atomic E-state index is 13.0. The first kappa shape index (κ1) is 22.2. The first-order chi connectivity index (χ1) is 15.5. The first-order valence-electron chi connectivity index (χ1n) is 10.7. The van der Waals surface area contributed by atoms with Crippen molar-refractivity contribution in [1.29, 1.82) is 0 Å². The second-order valence-electron chi connectivity index (χ2n) is 7.98. The SMILES string of the molecule is CSc1nc2nc(C)c(CC(=O)N3CCC(C(=O)NCc4cccnc4)CC3)c(C)n2n1. The number of hydrogen-bond acceptors (Lipinski definition) is 7. The van der Waals surface area contributed by atoms with Gasteiger partial charge in [-0.2, -0.15) is 4.98 Å². The van der Waals surface area contributed by atoms with Crippen LogP contribution >= 0.6 is 11.8 Å². The number of fused-ring (bicyclic) bond motifs is 1. The number of likely N-dealkylation sites (tertiary alicyclic amines) is 1. The maximum absolute atomic E-state index is 13.0. The molecule has 3 aromatic heterocycles. The third-order valence-corrected chi connectivity index (χ3v) is 6.49. The number of aromatic nitrogens is 5. The van der Waals surface area contributed by atoms with Gasteiger partial charge in [0.1, 0.15) is 0 Å². The zero-order valence-electron chi connectivity index (χ0n) is 18.5. The van der Waals surface area contributed by atoms with Gasteiger partial charge in [0.05, 0.1) is 6.42 Å². The standard InChI is InChI=1S/C22H27N7O2S/c1-14-18(15(2)29-21(25-14)26-22(27-29)32-3)11-19(30)28-9-6-17(7-10-28)20(31)24-13-16-5-4-8-23-12-16/h4-5,8,12,17H,6-7,9-11,13H2,1-3H3,(H,24,31). The van der Waals surface area contributed by atoms with E-state index < -0.39 is 0 Å². The Morgan fingerprint density at radius 3 is 2.69 bits per heavy atom. The number of hydrogen-bond donors (Lipinski definition) is 1. The van der Waals surface area contributed by atoms with Gasteiger partial charge in [0, 0.05) is 54.9 Å². The lowest BCUT2D eigenvalue weighted by Gasteiger charge is -2.31. The second-order valence-corrected chi connectivity index (χ2v) is 8.76. The van der Waals surface area contributed by atoms with Crippen LogP contribution in [0.5, 0.6) is 0 Å². The predicted molar refractivity (Wildman–Crippen MR) is 121 cm³/mol. The summed E-state index contributed by atoms with van der Waals surface area (Å²) in [5.74, 6) is 0.575. The lowest BCUT2D eigenvalue weighted by Crippen LogP contribution is -2.43. The van der Waals surface area contributed by atoms with Crippen molar-refractivity contribution in [3.63, 3.8) is 0 Å². The van der Waals surface area contributed by atoms with Gasteiger partial charge in [-0.15, -0.1) is 5.10 Å². The maximum Gasteiger partial charge on any atom is 0.253 e. The fourth-order valence-corrected chi connectivity index (χ4v) is 4.36. The molecule has 4 rings (SSSR count). The zero-order valence-corrected chi connectivity index (χ0v) is 19.4. The third kappa shape index (κ3) is 4.74. The van der Waals surface area contributed by atoms with Gasteiger partial charge in [-0.25, -0.2) is 9.50 Å². The molecular weight excluding hydrogens is 426 g/mol. The summed E-state index contributed by atoms with van der Waals surface area (Å²) in [4.78, 5) is 40.4. The van der Waals surface area contributed by atoms with Crippen LogP contribution in [-0.4, -0.2) is 60.6 Å². The third-order valence-electron chi connectivity index (χ3n) is 5.95. The van der Waals surface area contributed by atoms with Gasteiger partial charge in [-0.05, 0) is 44.6 Å². The Balaban J connectivity index is 1.34. The topological polar surface area (TPSA) is 105 Å². The first-order valence-corrected chi connectivity index (χ1v) is 11.9.